The second-order valence-corrected chi connectivity index (χ2v) is 4.14. The van der Waals surface area contributed by atoms with Gasteiger partial charge in [0.25, 0.3) is 0 Å². The SMILES string of the molecule is OC1(O)C2=CC=CCC2=Cc2ccccc21. The molecule has 0 radical (unpaired) electrons. The third-order valence-corrected chi connectivity index (χ3v) is 3.12. The van der Waals surface area contributed by atoms with E-state index in [1.807, 2.05) is 36.4 Å². The van der Waals surface area contributed by atoms with Gasteiger partial charge in [-0.3, -0.25) is 0 Å². The van der Waals surface area contributed by atoms with Crippen LogP contribution >= 0.6 is 0 Å². The fraction of sp³-hybridized carbons (Fsp3) is 0.143. The first-order chi connectivity index (χ1) is 7.69. The molecule has 16 heavy (non-hydrogen) atoms. The van der Waals surface area contributed by atoms with E-state index in [-0.39, 0.29) is 0 Å². The van der Waals surface area contributed by atoms with Crippen molar-refractivity contribution in [3.05, 3.63) is 64.8 Å². The lowest BCUT2D eigenvalue weighted by Crippen LogP contribution is -2.32. The van der Waals surface area contributed by atoms with Gasteiger partial charge in [0.15, 0.2) is 0 Å². The molecule has 0 spiro atoms. The molecule has 0 fully saturated rings. The average Bonchev–Trinajstić information content (AvgIpc) is 2.29. The van der Waals surface area contributed by atoms with Crippen LogP contribution < -0.4 is 0 Å². The van der Waals surface area contributed by atoms with Crippen LogP contribution in [0.3, 0.4) is 0 Å². The van der Waals surface area contributed by atoms with Gasteiger partial charge in [-0.2, -0.15) is 0 Å². The predicted octanol–water partition coefficient (Wildman–Crippen LogP) is 2.11. The van der Waals surface area contributed by atoms with Crippen molar-refractivity contribution < 1.29 is 10.2 Å². The van der Waals surface area contributed by atoms with E-state index >= 15 is 0 Å². The molecule has 1 aromatic carbocycles. The van der Waals surface area contributed by atoms with Gasteiger partial charge in [0.1, 0.15) is 0 Å². The average molecular weight is 212 g/mol. The molecule has 0 bridgehead atoms. The number of benzene rings is 1. The van der Waals surface area contributed by atoms with Crippen LogP contribution in [0, 0.1) is 0 Å². The summed E-state index contributed by atoms with van der Waals surface area (Å²) in [7, 11) is 0. The van der Waals surface area contributed by atoms with E-state index < -0.39 is 5.79 Å². The molecule has 2 aliphatic carbocycles. The molecule has 80 valence electrons. The summed E-state index contributed by atoms with van der Waals surface area (Å²) in [6.07, 6.45) is 8.42. The summed E-state index contributed by atoms with van der Waals surface area (Å²) < 4.78 is 0. The number of hydrogen-bond acceptors (Lipinski definition) is 2. The van der Waals surface area contributed by atoms with E-state index in [1.54, 1.807) is 12.1 Å². The smallest absolute Gasteiger partial charge is 0.218 e. The van der Waals surface area contributed by atoms with Crippen molar-refractivity contribution in [1.82, 2.24) is 0 Å². The van der Waals surface area contributed by atoms with E-state index in [2.05, 4.69) is 0 Å². The van der Waals surface area contributed by atoms with Crippen LogP contribution in [0.2, 0.25) is 0 Å². The zero-order valence-electron chi connectivity index (χ0n) is 8.72. The monoisotopic (exact) mass is 212 g/mol. The molecule has 0 heterocycles. The predicted molar refractivity (Wildman–Crippen MR) is 62.4 cm³/mol. The highest BCUT2D eigenvalue weighted by Crippen LogP contribution is 2.41. The van der Waals surface area contributed by atoms with Crippen LogP contribution in [-0.2, 0) is 5.79 Å². The van der Waals surface area contributed by atoms with Gasteiger partial charge in [-0.05, 0) is 17.6 Å². The first-order valence-corrected chi connectivity index (χ1v) is 5.32. The van der Waals surface area contributed by atoms with Crippen LogP contribution in [0.5, 0.6) is 0 Å². The van der Waals surface area contributed by atoms with Gasteiger partial charge in [-0.15, -0.1) is 0 Å². The van der Waals surface area contributed by atoms with Gasteiger partial charge in [-0.25, -0.2) is 0 Å². The lowest BCUT2D eigenvalue weighted by atomic mass is 9.80. The van der Waals surface area contributed by atoms with Crippen molar-refractivity contribution in [1.29, 1.82) is 0 Å². The minimum Gasteiger partial charge on any atom is -0.358 e. The summed E-state index contributed by atoms with van der Waals surface area (Å²) in [5.41, 5.74) is 3.01. The van der Waals surface area contributed by atoms with Crippen molar-refractivity contribution in [2.24, 2.45) is 0 Å². The quantitative estimate of drug-likeness (QED) is 0.646. The maximum atomic E-state index is 10.2. The van der Waals surface area contributed by atoms with E-state index in [4.69, 9.17) is 0 Å². The highest BCUT2D eigenvalue weighted by Gasteiger charge is 2.37. The van der Waals surface area contributed by atoms with E-state index in [0.717, 1.165) is 17.6 Å². The molecule has 0 atom stereocenters. The fourth-order valence-corrected chi connectivity index (χ4v) is 2.33. The minimum absolute atomic E-state index is 0.556. The van der Waals surface area contributed by atoms with Crippen LogP contribution in [0.25, 0.3) is 6.08 Å². The van der Waals surface area contributed by atoms with Gasteiger partial charge >= 0.3 is 0 Å². The Labute approximate surface area is 93.9 Å². The Hall–Kier alpha value is -1.64. The number of hydrogen-bond donors (Lipinski definition) is 2. The summed E-state index contributed by atoms with van der Waals surface area (Å²) in [6, 6.07) is 7.37. The molecule has 3 rings (SSSR count). The van der Waals surface area contributed by atoms with Crippen LogP contribution in [0.15, 0.2) is 53.6 Å². The van der Waals surface area contributed by atoms with Crippen molar-refractivity contribution in [3.8, 4) is 0 Å². The molecule has 2 N–H and O–H groups in total. The molecule has 2 nitrogen and oxygen atoms in total. The van der Waals surface area contributed by atoms with Gasteiger partial charge in [0.2, 0.25) is 5.79 Å². The third kappa shape index (κ3) is 1.21. The fourth-order valence-electron chi connectivity index (χ4n) is 2.33. The van der Waals surface area contributed by atoms with E-state index in [1.165, 1.54) is 0 Å². The molecule has 2 heteroatoms. The van der Waals surface area contributed by atoms with Crippen molar-refractivity contribution in [2.45, 2.75) is 12.2 Å². The number of allylic oxidation sites excluding steroid dienone is 3. The lowest BCUT2D eigenvalue weighted by Gasteiger charge is -2.33. The molecule has 1 aromatic rings. The summed E-state index contributed by atoms with van der Waals surface area (Å²) in [6.45, 7) is 0. The van der Waals surface area contributed by atoms with Gasteiger partial charge in [0, 0.05) is 11.1 Å². The molecule has 0 amide bonds. The first kappa shape index (κ1) is 9.58. The zero-order valence-corrected chi connectivity index (χ0v) is 8.72. The topological polar surface area (TPSA) is 40.5 Å². The zero-order chi connectivity index (χ0) is 11.2. The number of rotatable bonds is 0. The Kier molecular flexibility index (Phi) is 1.90. The van der Waals surface area contributed by atoms with Gasteiger partial charge in [0.05, 0.1) is 0 Å². The van der Waals surface area contributed by atoms with Gasteiger partial charge < -0.3 is 10.2 Å². The molecule has 0 aliphatic heterocycles. The Morgan fingerprint density at radius 2 is 1.94 bits per heavy atom. The number of fused-ring (bicyclic) bond motifs is 2. The van der Waals surface area contributed by atoms with Gasteiger partial charge in [-0.1, -0.05) is 48.6 Å². The van der Waals surface area contributed by atoms with E-state index in [9.17, 15) is 10.2 Å². The highest BCUT2D eigenvalue weighted by atomic mass is 16.5. The second kappa shape index (κ2) is 3.17. The van der Waals surface area contributed by atoms with Crippen LogP contribution in [0.1, 0.15) is 17.5 Å². The van der Waals surface area contributed by atoms with Crippen LogP contribution in [-0.4, -0.2) is 10.2 Å². The molecule has 2 aliphatic rings. The Morgan fingerprint density at radius 3 is 2.81 bits per heavy atom. The normalized spacial score (nSPS) is 20.6. The Balaban J connectivity index is 2.29. The Bertz CT molecular complexity index is 533. The largest absolute Gasteiger partial charge is 0.358 e. The number of aliphatic hydroxyl groups is 2. The van der Waals surface area contributed by atoms with Crippen molar-refractivity contribution in [3.63, 3.8) is 0 Å². The second-order valence-electron chi connectivity index (χ2n) is 4.14. The minimum atomic E-state index is -1.86. The van der Waals surface area contributed by atoms with Crippen molar-refractivity contribution >= 4 is 6.08 Å². The van der Waals surface area contributed by atoms with Crippen LogP contribution in [0.4, 0.5) is 0 Å². The standard InChI is InChI=1S/C14H12O2/c15-14(16)12-7-3-1-5-10(12)9-11-6-2-4-8-13(11)14/h1-5,7-9,15-16H,6H2. The molecule has 0 unspecified atom stereocenters. The summed E-state index contributed by atoms with van der Waals surface area (Å²) in [5, 5.41) is 20.5. The molecule has 0 aromatic heterocycles. The summed E-state index contributed by atoms with van der Waals surface area (Å²) in [4.78, 5) is 0. The first-order valence-electron chi connectivity index (χ1n) is 5.32. The third-order valence-electron chi connectivity index (χ3n) is 3.12. The Morgan fingerprint density at radius 1 is 1.12 bits per heavy atom. The summed E-state index contributed by atoms with van der Waals surface area (Å²) >= 11 is 0. The maximum Gasteiger partial charge on any atom is 0.218 e. The molecule has 0 saturated heterocycles. The highest BCUT2D eigenvalue weighted by molar-refractivity contribution is 5.70. The summed E-state index contributed by atoms with van der Waals surface area (Å²) in [5.74, 6) is -1.86. The molecular weight excluding hydrogens is 200 g/mol. The lowest BCUT2D eigenvalue weighted by molar-refractivity contribution is -0.134. The van der Waals surface area contributed by atoms with Crippen molar-refractivity contribution in [2.75, 3.05) is 0 Å². The maximum absolute atomic E-state index is 10.2. The molecular formula is C14H12O2. The molecule has 0 saturated carbocycles. The van der Waals surface area contributed by atoms with E-state index in [0.29, 0.717) is 11.1 Å².